The van der Waals surface area contributed by atoms with Crippen molar-refractivity contribution >= 4 is 15.9 Å². The predicted molar refractivity (Wildman–Crippen MR) is 74.4 cm³/mol. The van der Waals surface area contributed by atoms with Gasteiger partial charge < -0.3 is 4.74 Å². The quantitative estimate of drug-likeness (QED) is 0.742. The van der Waals surface area contributed by atoms with Crippen molar-refractivity contribution in [3.8, 4) is 17.0 Å². The molecule has 0 aliphatic rings. The van der Waals surface area contributed by atoms with Crippen molar-refractivity contribution in [3.63, 3.8) is 0 Å². The molecule has 0 bridgehead atoms. The van der Waals surface area contributed by atoms with Gasteiger partial charge in [-0.2, -0.15) is 13.9 Å². The number of alkyl halides is 4. The summed E-state index contributed by atoms with van der Waals surface area (Å²) in [6, 6.07) is 5.76. The van der Waals surface area contributed by atoms with E-state index in [9.17, 15) is 22.4 Å². The largest absolute Gasteiger partial charge is 0.487 e. The fraction of sp³-hybridized carbons (Fsp3) is 0.231. The Morgan fingerprint density at radius 2 is 1.91 bits per heavy atom. The molecule has 1 aromatic carbocycles. The Morgan fingerprint density at radius 1 is 1.23 bits per heavy atom. The summed E-state index contributed by atoms with van der Waals surface area (Å²) in [6.45, 7) is -3.83. The molecule has 2 aromatic rings. The van der Waals surface area contributed by atoms with Gasteiger partial charge in [0.05, 0.1) is 4.47 Å². The first-order chi connectivity index (χ1) is 10.4. The molecule has 0 atom stereocenters. The molecule has 0 unspecified atom stereocenters. The number of hydrogen-bond acceptors (Lipinski definition) is 3. The van der Waals surface area contributed by atoms with Crippen LogP contribution in [0.4, 0.5) is 17.6 Å². The van der Waals surface area contributed by atoms with Gasteiger partial charge in [-0.05, 0) is 28.1 Å². The zero-order valence-electron chi connectivity index (χ0n) is 10.8. The molecule has 0 radical (unpaired) electrons. The van der Waals surface area contributed by atoms with E-state index >= 15 is 0 Å². The van der Waals surface area contributed by atoms with E-state index in [2.05, 4.69) is 21.0 Å². The smallest absolute Gasteiger partial charge is 0.333 e. The molecule has 0 fully saturated rings. The predicted octanol–water partition coefficient (Wildman–Crippen LogP) is 3.71. The van der Waals surface area contributed by atoms with Crippen LogP contribution in [0.25, 0.3) is 11.3 Å². The SMILES string of the molecule is O=c1c(Br)cn(C(F)F)nc1-c1ccccc1OCC(F)F. The van der Waals surface area contributed by atoms with E-state index in [-0.39, 0.29) is 21.5 Å². The minimum absolute atomic E-state index is 0.0358. The molecule has 2 rings (SSSR count). The Bertz CT molecular complexity index is 721. The first kappa shape index (κ1) is 16.5. The highest BCUT2D eigenvalue weighted by molar-refractivity contribution is 9.10. The molecule has 9 heteroatoms. The molecular formula is C13H9BrF4N2O2. The minimum Gasteiger partial charge on any atom is -0.487 e. The summed E-state index contributed by atoms with van der Waals surface area (Å²) < 4.78 is 55.1. The average molecular weight is 381 g/mol. The lowest BCUT2D eigenvalue weighted by Crippen LogP contribution is -2.17. The maximum Gasteiger partial charge on any atom is 0.333 e. The standard InChI is InChI=1S/C13H9BrF4N2O2/c14-8-5-20(13(17)18)19-11(12(8)21)7-3-1-2-4-9(7)22-6-10(15)16/h1-5,10,13H,6H2. The maximum absolute atomic E-state index is 12.8. The molecule has 0 N–H and O–H groups in total. The van der Waals surface area contributed by atoms with E-state index in [1.807, 2.05) is 0 Å². The summed E-state index contributed by atoms with van der Waals surface area (Å²) in [5.41, 5.74) is -0.909. The van der Waals surface area contributed by atoms with Crippen LogP contribution < -0.4 is 10.2 Å². The van der Waals surface area contributed by atoms with Crippen molar-refractivity contribution in [1.29, 1.82) is 0 Å². The van der Waals surface area contributed by atoms with Crippen molar-refractivity contribution in [2.24, 2.45) is 0 Å². The van der Waals surface area contributed by atoms with Crippen LogP contribution in [0.2, 0.25) is 0 Å². The third kappa shape index (κ3) is 3.65. The van der Waals surface area contributed by atoms with Gasteiger partial charge in [-0.25, -0.2) is 13.5 Å². The number of benzene rings is 1. The van der Waals surface area contributed by atoms with Crippen LogP contribution in [0.15, 0.2) is 39.7 Å². The van der Waals surface area contributed by atoms with Crippen LogP contribution in [0, 0.1) is 0 Å². The fourth-order valence-electron chi connectivity index (χ4n) is 1.69. The molecule has 0 amide bonds. The number of nitrogens with zero attached hydrogens (tertiary/aromatic N) is 2. The molecular weight excluding hydrogens is 372 g/mol. The minimum atomic E-state index is -2.95. The summed E-state index contributed by atoms with van der Waals surface area (Å²) in [5, 5.41) is 3.55. The first-order valence-corrected chi connectivity index (χ1v) is 6.77. The number of para-hydroxylation sites is 1. The summed E-state index contributed by atoms with van der Waals surface area (Å²) in [7, 11) is 0. The molecule has 0 aliphatic heterocycles. The molecule has 0 saturated heterocycles. The van der Waals surface area contributed by atoms with Crippen molar-refractivity contribution in [3.05, 3.63) is 45.2 Å². The third-order valence-electron chi connectivity index (χ3n) is 2.60. The van der Waals surface area contributed by atoms with Crippen molar-refractivity contribution in [2.45, 2.75) is 13.0 Å². The Labute approximate surface area is 130 Å². The van der Waals surface area contributed by atoms with Gasteiger partial charge in [0, 0.05) is 11.8 Å². The van der Waals surface area contributed by atoms with Gasteiger partial charge in [-0.3, -0.25) is 4.79 Å². The van der Waals surface area contributed by atoms with Gasteiger partial charge in [0.1, 0.15) is 18.1 Å². The summed E-state index contributed by atoms with van der Waals surface area (Å²) in [6.07, 6.45) is -1.86. The van der Waals surface area contributed by atoms with Crippen LogP contribution in [-0.2, 0) is 0 Å². The highest BCUT2D eigenvalue weighted by Gasteiger charge is 2.18. The van der Waals surface area contributed by atoms with Crippen molar-refractivity contribution < 1.29 is 22.3 Å². The van der Waals surface area contributed by atoms with Gasteiger partial charge >= 0.3 is 6.55 Å². The van der Waals surface area contributed by atoms with Gasteiger partial charge in [0.25, 0.3) is 6.43 Å². The van der Waals surface area contributed by atoms with Crippen LogP contribution >= 0.6 is 15.9 Å². The number of aromatic nitrogens is 2. The highest BCUT2D eigenvalue weighted by Crippen LogP contribution is 2.28. The van der Waals surface area contributed by atoms with Crippen LogP contribution in [0.5, 0.6) is 5.75 Å². The zero-order chi connectivity index (χ0) is 16.3. The molecule has 0 saturated carbocycles. The van der Waals surface area contributed by atoms with Crippen molar-refractivity contribution in [2.75, 3.05) is 6.61 Å². The normalized spacial score (nSPS) is 11.2. The van der Waals surface area contributed by atoms with E-state index < -0.39 is 25.0 Å². The van der Waals surface area contributed by atoms with E-state index in [4.69, 9.17) is 4.74 Å². The van der Waals surface area contributed by atoms with E-state index in [1.54, 1.807) is 0 Å². The fourth-order valence-corrected chi connectivity index (χ4v) is 2.09. The monoisotopic (exact) mass is 380 g/mol. The Morgan fingerprint density at radius 3 is 2.55 bits per heavy atom. The molecule has 0 spiro atoms. The van der Waals surface area contributed by atoms with Gasteiger partial charge in [-0.15, -0.1) is 0 Å². The number of rotatable bonds is 5. The van der Waals surface area contributed by atoms with Gasteiger partial charge in [0.2, 0.25) is 5.43 Å². The second kappa shape index (κ2) is 6.91. The Kier molecular flexibility index (Phi) is 5.17. The van der Waals surface area contributed by atoms with Crippen LogP contribution in [-0.4, -0.2) is 22.8 Å². The molecule has 0 aliphatic carbocycles. The lowest BCUT2D eigenvalue weighted by molar-refractivity contribution is 0.0548. The van der Waals surface area contributed by atoms with E-state index in [0.29, 0.717) is 4.68 Å². The second-order valence-corrected chi connectivity index (χ2v) is 4.97. The molecule has 1 heterocycles. The van der Waals surface area contributed by atoms with Crippen LogP contribution in [0.3, 0.4) is 0 Å². The first-order valence-electron chi connectivity index (χ1n) is 5.97. The number of halogens is 5. The lowest BCUT2D eigenvalue weighted by atomic mass is 10.1. The lowest BCUT2D eigenvalue weighted by Gasteiger charge is -2.12. The maximum atomic E-state index is 12.8. The number of hydrogen-bond donors (Lipinski definition) is 0. The molecule has 118 valence electrons. The third-order valence-corrected chi connectivity index (χ3v) is 3.16. The second-order valence-electron chi connectivity index (χ2n) is 4.11. The van der Waals surface area contributed by atoms with Gasteiger partial charge in [-0.1, -0.05) is 12.1 Å². The summed E-state index contributed by atoms with van der Waals surface area (Å²) in [4.78, 5) is 12.1. The Balaban J connectivity index is 2.54. The molecule has 1 aromatic heterocycles. The van der Waals surface area contributed by atoms with E-state index in [1.165, 1.54) is 24.3 Å². The highest BCUT2D eigenvalue weighted by atomic mass is 79.9. The van der Waals surface area contributed by atoms with Crippen molar-refractivity contribution in [1.82, 2.24) is 9.78 Å². The van der Waals surface area contributed by atoms with Crippen LogP contribution in [0.1, 0.15) is 6.55 Å². The summed E-state index contributed by atoms with van der Waals surface area (Å²) >= 11 is 2.88. The topological polar surface area (TPSA) is 44.1 Å². The number of ether oxygens (including phenoxy) is 1. The Hall–Kier alpha value is -1.90. The molecule has 4 nitrogen and oxygen atoms in total. The summed E-state index contributed by atoms with van der Waals surface area (Å²) in [5.74, 6) is -0.0358. The van der Waals surface area contributed by atoms with Gasteiger partial charge in [0.15, 0.2) is 0 Å². The van der Waals surface area contributed by atoms with E-state index in [0.717, 1.165) is 6.20 Å². The molecule has 22 heavy (non-hydrogen) atoms. The average Bonchev–Trinajstić information content (AvgIpc) is 2.48. The zero-order valence-corrected chi connectivity index (χ0v) is 12.4.